The highest BCUT2D eigenvalue weighted by Gasteiger charge is 2.92. The molecule has 0 atom stereocenters. The Kier molecular flexibility index (Phi) is 17.1. The van der Waals surface area contributed by atoms with Crippen LogP contribution in [0.15, 0.2) is 12.7 Å². The lowest BCUT2D eigenvalue weighted by Gasteiger charge is -2.60. The first kappa shape index (κ1) is 59.8. The van der Waals surface area contributed by atoms with Gasteiger partial charge in [0.2, 0.25) is 0 Å². The van der Waals surface area contributed by atoms with Crippen LogP contribution in [0.5, 0.6) is 0 Å². The van der Waals surface area contributed by atoms with Crippen molar-refractivity contribution in [3.8, 4) is 0 Å². The average molecular weight is 1230 g/mol. The summed E-state index contributed by atoms with van der Waals surface area (Å²) in [4.78, 5) is 12.1. The molecular formula is C29H78O22Si16. The van der Waals surface area contributed by atoms with Crippen LogP contribution < -0.4 is 0 Å². The quantitative estimate of drug-likeness (QED) is 0.0488. The van der Waals surface area contributed by atoms with Crippen LogP contribution in [0.2, 0.25) is 157 Å². The smallest absolute Gasteiger partial charge is 0.463 e. The van der Waals surface area contributed by atoms with Crippen molar-refractivity contribution in [3.05, 3.63) is 12.7 Å². The maximum Gasteiger partial charge on any atom is 0.651 e. The third kappa shape index (κ3) is 16.9. The highest BCUT2D eigenvalue weighted by Crippen LogP contribution is 2.53. The molecule has 0 aromatic rings. The molecule has 0 radical (unpaired) electrons. The fourth-order valence-electron chi connectivity index (χ4n) is 6.58. The number of hydrogen-bond acceptors (Lipinski definition) is 22. The molecule has 0 N–H and O–H groups in total. The van der Waals surface area contributed by atoms with Crippen LogP contribution in [0.1, 0.15) is 6.42 Å². The highest BCUT2D eigenvalue weighted by molar-refractivity contribution is 7.04. The molecule has 6 aliphatic heterocycles. The Hall–Kier alpha value is 1.88. The van der Waals surface area contributed by atoms with Crippen molar-refractivity contribution >= 4 is 145 Å². The van der Waals surface area contributed by atoms with Gasteiger partial charge in [-0.2, -0.15) is 0 Å². The Morgan fingerprint density at radius 3 is 0.701 bits per heavy atom. The first-order chi connectivity index (χ1) is 29.6. The van der Waals surface area contributed by atoms with Gasteiger partial charge in [0, 0.05) is 6.08 Å². The average Bonchev–Trinajstić information content (AvgIpc) is 2.92. The summed E-state index contributed by atoms with van der Waals surface area (Å²) in [7, 11) is -64.5. The van der Waals surface area contributed by atoms with Crippen molar-refractivity contribution < 1.29 is 91.8 Å². The van der Waals surface area contributed by atoms with Gasteiger partial charge in [-0.25, -0.2) is 4.79 Å². The maximum atomic E-state index is 12.1. The Balaban J connectivity index is 2.02. The number of hydrogen-bond donors (Lipinski definition) is 0. The molecule has 0 unspecified atom stereocenters. The van der Waals surface area contributed by atoms with E-state index in [0.29, 0.717) is 12.5 Å². The van der Waals surface area contributed by atoms with Crippen LogP contribution in [-0.2, 0) is 91.8 Å². The lowest BCUT2D eigenvalue weighted by Crippen LogP contribution is -2.93. The molecule has 22 nitrogen and oxygen atoms in total. The summed E-state index contributed by atoms with van der Waals surface area (Å²) in [5, 5.41) is 0. The van der Waals surface area contributed by atoms with Gasteiger partial charge >= 0.3 is 78.4 Å². The van der Waals surface area contributed by atoms with Crippen LogP contribution in [0, 0.1) is 0 Å². The minimum atomic E-state index is -5.21. The molecule has 0 saturated carbocycles. The predicted octanol–water partition coefficient (Wildman–Crippen LogP) is 7.04. The molecule has 6 heterocycles. The van der Waals surface area contributed by atoms with Crippen LogP contribution in [0.25, 0.3) is 0 Å². The van der Waals surface area contributed by atoms with Crippen molar-refractivity contribution in [1.29, 1.82) is 0 Å². The van der Waals surface area contributed by atoms with Gasteiger partial charge in [0.25, 0.3) is 0 Å². The summed E-state index contributed by atoms with van der Waals surface area (Å²) in [5.41, 5.74) is 0. The van der Waals surface area contributed by atoms with Gasteiger partial charge in [0.05, 0.1) is 6.61 Å². The zero-order valence-electron chi connectivity index (χ0n) is 43.9. The SMILES string of the molecule is C=CC(=O)OCCC[Si](C)(C)O[Si]12O[Si]3(O[Si](C)(C)C)O[Si]4(O[Si](C)(C)C)O[Si]5(O[Si](C)(C)C)O[Si](O[Si](C)(C)C)(O3)O[Si](O[Si](C)(C)C)(O[Si](O[Si](C)(C)C)(O5)O[Si](O[Si](C)(C)C)(O4)O1)O2. The molecule has 67 heavy (non-hydrogen) atoms. The van der Waals surface area contributed by atoms with Crippen molar-refractivity contribution in [2.45, 2.75) is 163 Å². The first-order valence-electron chi connectivity index (χ1n) is 22.4. The van der Waals surface area contributed by atoms with E-state index in [2.05, 4.69) is 6.58 Å². The summed E-state index contributed by atoms with van der Waals surface area (Å²) >= 11 is 0. The van der Waals surface area contributed by atoms with E-state index in [1.165, 1.54) is 0 Å². The third-order valence-corrected chi connectivity index (χ3v) is 60.7. The minimum Gasteiger partial charge on any atom is -0.463 e. The fourth-order valence-corrected chi connectivity index (χ4v) is 72.4. The fraction of sp³-hybridized carbons (Fsp3) is 0.897. The van der Waals surface area contributed by atoms with E-state index >= 15 is 0 Å². The number of rotatable bonds is 21. The summed E-state index contributed by atoms with van der Waals surface area (Å²) < 4.78 is 152. The number of carbonyl (C=O) groups excluding carboxylic acids is 1. The molecule has 38 heteroatoms. The molecule has 0 amide bonds. The second-order valence-corrected chi connectivity index (χ2v) is 82.0. The van der Waals surface area contributed by atoms with Gasteiger partial charge in [0.15, 0.2) is 66.5 Å². The molecule has 6 rings (SSSR count). The Morgan fingerprint density at radius 2 is 0.537 bits per heavy atom. The molecule has 0 spiro atoms. The largest absolute Gasteiger partial charge is 0.651 e. The lowest BCUT2D eigenvalue weighted by molar-refractivity contribution is -0.138. The van der Waals surface area contributed by atoms with Crippen LogP contribution in [-0.4, -0.2) is 151 Å². The number of esters is 1. The lowest BCUT2D eigenvalue weighted by atomic mass is 10.5. The molecule has 0 aliphatic carbocycles. The topological polar surface area (TPSA) is 211 Å². The minimum absolute atomic E-state index is 0.0856. The molecule has 0 aromatic heterocycles. The summed E-state index contributed by atoms with van der Waals surface area (Å²) in [5.74, 6) is -0.548. The molecule has 6 fully saturated rings. The zero-order valence-corrected chi connectivity index (χ0v) is 59.9. The van der Waals surface area contributed by atoms with Gasteiger partial charge in [-0.15, -0.1) is 0 Å². The summed E-state index contributed by atoms with van der Waals surface area (Å²) in [6, 6.07) is 0.396. The van der Waals surface area contributed by atoms with Gasteiger partial charge < -0.3 is 87.0 Å². The van der Waals surface area contributed by atoms with E-state index < -0.39 is 145 Å². The molecule has 8 bridgehead atoms. The normalized spacial score (nSPS) is 36.5. The van der Waals surface area contributed by atoms with E-state index in [9.17, 15) is 4.79 Å². The van der Waals surface area contributed by atoms with E-state index in [1.54, 1.807) is 0 Å². The second-order valence-electron chi connectivity index (χ2n) is 24.1. The van der Waals surface area contributed by atoms with Crippen molar-refractivity contribution in [1.82, 2.24) is 0 Å². The Labute approximate surface area is 416 Å². The molecular weight excluding hydrogens is 1150 g/mol. The number of carbonyl (C=O) groups is 1. The first-order valence-corrected chi connectivity index (χ1v) is 62.4. The molecule has 390 valence electrons. The zero-order chi connectivity index (χ0) is 51.3. The van der Waals surface area contributed by atoms with E-state index in [1.807, 2.05) is 151 Å². The van der Waals surface area contributed by atoms with Gasteiger partial charge in [-0.3, -0.25) is 0 Å². The van der Waals surface area contributed by atoms with Crippen LogP contribution >= 0.6 is 0 Å². The monoisotopic (exact) mass is 1230 g/mol. The van der Waals surface area contributed by atoms with Crippen LogP contribution in [0.4, 0.5) is 0 Å². The molecule has 6 aliphatic rings. The Morgan fingerprint density at radius 1 is 0.358 bits per heavy atom. The van der Waals surface area contributed by atoms with E-state index in [0.717, 1.165) is 6.08 Å². The van der Waals surface area contributed by atoms with Gasteiger partial charge in [0.1, 0.15) is 0 Å². The maximum absolute atomic E-state index is 12.1. The summed E-state index contributed by atoms with van der Waals surface area (Å²) in [6.45, 7) is 48.1. The van der Waals surface area contributed by atoms with E-state index in [-0.39, 0.29) is 6.61 Å². The molecule has 6 saturated heterocycles. The van der Waals surface area contributed by atoms with Crippen molar-refractivity contribution in [2.75, 3.05) is 6.61 Å². The van der Waals surface area contributed by atoms with Gasteiger partial charge in [-0.05, 0) is 163 Å². The summed E-state index contributed by atoms with van der Waals surface area (Å²) in [6.07, 6.45) is 1.51. The van der Waals surface area contributed by atoms with Crippen molar-refractivity contribution in [2.24, 2.45) is 0 Å². The molecule has 0 aromatic carbocycles. The number of ether oxygens (including phenoxy) is 1. The second kappa shape index (κ2) is 19.2. The third-order valence-electron chi connectivity index (χ3n) is 7.75. The Bertz CT molecular complexity index is 1640. The standard InChI is InChI=1S/C29H78O22Si16/c1-25-29(30)31-27-26-28-59(23,24)39-67-49-64(36-56(14,15)16)43-61(33-53(5,6)7)40-60(32-52(2,3)4)41-62(45-64,34-54(8,9)10)47-66(51-67,38-58(20,21)22)48-63(42-60,35-55(11,12)13)46-65(44-61,50-67)37-57(17,18)19/h25H,1,26-28H2,2-24H3. The van der Waals surface area contributed by atoms with Gasteiger partial charge in [-0.1, -0.05) is 6.58 Å². The highest BCUT2D eigenvalue weighted by atomic mass is 28.7. The van der Waals surface area contributed by atoms with E-state index in [4.69, 9.17) is 87.0 Å². The predicted molar refractivity (Wildman–Crippen MR) is 279 cm³/mol. The van der Waals surface area contributed by atoms with Crippen molar-refractivity contribution in [3.63, 3.8) is 0 Å². The van der Waals surface area contributed by atoms with Crippen LogP contribution in [0.3, 0.4) is 0 Å².